The predicted molar refractivity (Wildman–Crippen MR) is 41.6 cm³/mol. The first kappa shape index (κ1) is 7.21. The molecule has 1 aliphatic rings. The van der Waals surface area contributed by atoms with Gasteiger partial charge in [-0.05, 0) is 12.1 Å². The number of rotatable bonds is 1. The first-order valence-corrected chi connectivity index (χ1v) is 3.66. The first-order chi connectivity index (χ1) is 5.88. The Bertz CT molecular complexity index is 325. The molecule has 0 saturated carbocycles. The minimum atomic E-state index is -0.529. The zero-order valence-electron chi connectivity index (χ0n) is 6.33. The number of pyridine rings is 1. The van der Waals surface area contributed by atoms with Crippen molar-refractivity contribution in [1.29, 1.82) is 0 Å². The third-order valence-corrected chi connectivity index (χ3v) is 1.57. The standard InChI is InChI=1S/C8H7FN2O/c9-7-6(2-1-3-10-7)8-11-4-5-12-8/h1-3H,4-5H2. The van der Waals surface area contributed by atoms with Crippen molar-refractivity contribution in [3.8, 4) is 0 Å². The van der Waals surface area contributed by atoms with Crippen LogP contribution in [0.1, 0.15) is 5.56 Å². The van der Waals surface area contributed by atoms with E-state index in [1.54, 1.807) is 12.1 Å². The van der Waals surface area contributed by atoms with Crippen LogP contribution in [0.5, 0.6) is 0 Å². The predicted octanol–water partition coefficient (Wildman–Crippen LogP) is 0.998. The molecule has 0 unspecified atom stereocenters. The lowest BCUT2D eigenvalue weighted by Gasteiger charge is -2.00. The van der Waals surface area contributed by atoms with E-state index >= 15 is 0 Å². The van der Waals surface area contributed by atoms with Crippen LogP contribution in [0.25, 0.3) is 0 Å². The summed E-state index contributed by atoms with van der Waals surface area (Å²) in [5.74, 6) is -0.168. The van der Waals surface area contributed by atoms with E-state index in [9.17, 15) is 4.39 Å². The van der Waals surface area contributed by atoms with Gasteiger partial charge < -0.3 is 4.74 Å². The smallest absolute Gasteiger partial charge is 0.225 e. The summed E-state index contributed by atoms with van der Waals surface area (Å²) in [5.41, 5.74) is 0.343. The largest absolute Gasteiger partial charge is 0.475 e. The molecule has 0 spiro atoms. The molecule has 0 aliphatic carbocycles. The molecule has 0 aromatic carbocycles. The third-order valence-electron chi connectivity index (χ3n) is 1.57. The summed E-state index contributed by atoms with van der Waals surface area (Å²) < 4.78 is 18.1. The van der Waals surface area contributed by atoms with Crippen molar-refractivity contribution in [2.24, 2.45) is 4.99 Å². The Morgan fingerprint density at radius 2 is 2.42 bits per heavy atom. The van der Waals surface area contributed by atoms with Crippen LogP contribution in [0.15, 0.2) is 23.3 Å². The summed E-state index contributed by atoms with van der Waals surface area (Å²) in [6.45, 7) is 1.13. The molecule has 2 heterocycles. The molecule has 0 saturated heterocycles. The number of aliphatic imine (C=N–C) groups is 1. The Balaban J connectivity index is 2.39. The number of ether oxygens (including phenoxy) is 1. The fourth-order valence-corrected chi connectivity index (χ4v) is 1.04. The van der Waals surface area contributed by atoms with E-state index < -0.39 is 5.95 Å². The highest BCUT2D eigenvalue weighted by atomic mass is 19.1. The SMILES string of the molecule is Fc1ncccc1C1=NCCO1. The number of aromatic nitrogens is 1. The van der Waals surface area contributed by atoms with Gasteiger partial charge in [-0.1, -0.05) is 0 Å². The average molecular weight is 166 g/mol. The van der Waals surface area contributed by atoms with E-state index in [1.165, 1.54) is 6.20 Å². The summed E-state index contributed by atoms with van der Waals surface area (Å²) >= 11 is 0. The average Bonchev–Trinajstić information content (AvgIpc) is 2.57. The molecule has 0 fully saturated rings. The third kappa shape index (κ3) is 1.15. The Morgan fingerprint density at radius 1 is 1.50 bits per heavy atom. The van der Waals surface area contributed by atoms with Crippen LogP contribution in [0.4, 0.5) is 4.39 Å². The molecule has 0 bridgehead atoms. The Kier molecular flexibility index (Phi) is 1.74. The van der Waals surface area contributed by atoms with Gasteiger partial charge in [0.1, 0.15) is 6.61 Å². The van der Waals surface area contributed by atoms with Crippen molar-refractivity contribution in [2.75, 3.05) is 13.2 Å². The second kappa shape index (κ2) is 2.89. The van der Waals surface area contributed by atoms with E-state index in [-0.39, 0.29) is 0 Å². The van der Waals surface area contributed by atoms with Gasteiger partial charge in [0.15, 0.2) is 0 Å². The fraction of sp³-hybridized carbons (Fsp3) is 0.250. The van der Waals surface area contributed by atoms with E-state index in [0.29, 0.717) is 24.6 Å². The number of hydrogen-bond donors (Lipinski definition) is 0. The van der Waals surface area contributed by atoms with Crippen molar-refractivity contribution in [1.82, 2.24) is 4.98 Å². The lowest BCUT2D eigenvalue weighted by Crippen LogP contribution is -2.04. The molecule has 0 amide bonds. The number of halogens is 1. The molecular weight excluding hydrogens is 159 g/mol. The highest BCUT2D eigenvalue weighted by molar-refractivity contribution is 5.94. The van der Waals surface area contributed by atoms with Crippen molar-refractivity contribution in [3.05, 3.63) is 29.8 Å². The van der Waals surface area contributed by atoms with E-state index in [2.05, 4.69) is 9.98 Å². The van der Waals surface area contributed by atoms with Crippen molar-refractivity contribution in [3.63, 3.8) is 0 Å². The molecule has 4 heteroatoms. The Labute approximate surface area is 68.9 Å². The van der Waals surface area contributed by atoms with Crippen LogP contribution in [0.2, 0.25) is 0 Å². The quantitative estimate of drug-likeness (QED) is 0.583. The maximum atomic E-state index is 13.0. The highest BCUT2D eigenvalue weighted by Gasteiger charge is 2.14. The van der Waals surface area contributed by atoms with Crippen LogP contribution in [-0.4, -0.2) is 24.0 Å². The van der Waals surface area contributed by atoms with Crippen LogP contribution >= 0.6 is 0 Å². The second-order valence-corrected chi connectivity index (χ2v) is 2.38. The summed E-state index contributed by atoms with van der Waals surface area (Å²) in [5, 5.41) is 0. The topological polar surface area (TPSA) is 34.5 Å². The van der Waals surface area contributed by atoms with Gasteiger partial charge >= 0.3 is 0 Å². The van der Waals surface area contributed by atoms with Crippen molar-refractivity contribution in [2.45, 2.75) is 0 Å². The maximum absolute atomic E-state index is 13.0. The van der Waals surface area contributed by atoms with E-state index in [4.69, 9.17) is 4.74 Å². The maximum Gasteiger partial charge on any atom is 0.225 e. The zero-order chi connectivity index (χ0) is 8.39. The van der Waals surface area contributed by atoms with Crippen LogP contribution in [-0.2, 0) is 4.74 Å². The van der Waals surface area contributed by atoms with Gasteiger partial charge in [0.2, 0.25) is 11.8 Å². The van der Waals surface area contributed by atoms with Gasteiger partial charge in [0.05, 0.1) is 12.1 Å². The molecular formula is C8H7FN2O. The lowest BCUT2D eigenvalue weighted by molar-refractivity contribution is 0.346. The molecule has 62 valence electrons. The minimum absolute atomic E-state index is 0.343. The number of hydrogen-bond acceptors (Lipinski definition) is 3. The molecule has 0 N–H and O–H groups in total. The molecule has 3 nitrogen and oxygen atoms in total. The van der Waals surface area contributed by atoms with Gasteiger partial charge in [-0.25, -0.2) is 9.98 Å². The Hall–Kier alpha value is -1.45. The van der Waals surface area contributed by atoms with Crippen molar-refractivity contribution >= 4 is 5.90 Å². The molecule has 0 atom stereocenters. The minimum Gasteiger partial charge on any atom is -0.475 e. The summed E-state index contributed by atoms with van der Waals surface area (Å²) in [4.78, 5) is 7.48. The van der Waals surface area contributed by atoms with Gasteiger partial charge in [-0.2, -0.15) is 4.39 Å². The van der Waals surface area contributed by atoms with Gasteiger partial charge in [-0.3, -0.25) is 0 Å². The van der Waals surface area contributed by atoms with Gasteiger partial charge in [0, 0.05) is 6.20 Å². The molecule has 0 radical (unpaired) electrons. The molecule has 1 aliphatic heterocycles. The molecule has 12 heavy (non-hydrogen) atoms. The molecule has 1 aromatic heterocycles. The van der Waals surface area contributed by atoms with Gasteiger partial charge in [-0.15, -0.1) is 0 Å². The van der Waals surface area contributed by atoms with Crippen molar-refractivity contribution < 1.29 is 9.13 Å². The van der Waals surface area contributed by atoms with Crippen LogP contribution < -0.4 is 0 Å². The number of nitrogens with zero attached hydrogens (tertiary/aromatic N) is 2. The molecule has 2 rings (SSSR count). The summed E-state index contributed by atoms with van der Waals surface area (Å²) in [6, 6.07) is 3.26. The summed E-state index contributed by atoms with van der Waals surface area (Å²) in [6.07, 6.45) is 1.40. The van der Waals surface area contributed by atoms with Crippen LogP contribution in [0.3, 0.4) is 0 Å². The zero-order valence-corrected chi connectivity index (χ0v) is 6.33. The fourth-order valence-electron chi connectivity index (χ4n) is 1.04. The van der Waals surface area contributed by atoms with Gasteiger partial charge in [0.25, 0.3) is 0 Å². The van der Waals surface area contributed by atoms with Crippen LogP contribution in [0, 0.1) is 5.95 Å². The second-order valence-electron chi connectivity index (χ2n) is 2.38. The monoisotopic (exact) mass is 166 g/mol. The van der Waals surface area contributed by atoms with E-state index in [0.717, 1.165) is 0 Å². The normalized spacial score (nSPS) is 15.6. The summed E-state index contributed by atoms with van der Waals surface area (Å²) in [7, 11) is 0. The highest BCUT2D eigenvalue weighted by Crippen LogP contribution is 2.09. The molecule has 1 aromatic rings. The van der Waals surface area contributed by atoms with E-state index in [1.807, 2.05) is 0 Å². The Morgan fingerprint density at radius 3 is 3.08 bits per heavy atom. The first-order valence-electron chi connectivity index (χ1n) is 3.66. The lowest BCUT2D eigenvalue weighted by atomic mass is 10.3.